The summed E-state index contributed by atoms with van der Waals surface area (Å²) >= 11 is 0. The monoisotopic (exact) mass is 306 g/mol. The van der Waals surface area contributed by atoms with Crippen LogP contribution in [0, 0.1) is 5.92 Å². The number of H-pyrrole nitrogens is 1. The first-order valence-corrected chi connectivity index (χ1v) is 8.17. The number of piperidine rings is 1. The van der Waals surface area contributed by atoms with Crippen LogP contribution in [-0.2, 0) is 6.54 Å². The molecule has 2 aliphatic heterocycles. The van der Waals surface area contributed by atoms with Crippen LogP contribution in [-0.4, -0.2) is 27.6 Å². The van der Waals surface area contributed by atoms with Crippen molar-refractivity contribution in [2.24, 2.45) is 5.92 Å². The average Bonchev–Trinajstić information content (AvgIpc) is 3.03. The molecule has 3 aromatic heterocycles. The predicted octanol–water partition coefficient (Wildman–Crippen LogP) is 2.35. The zero-order valence-electron chi connectivity index (χ0n) is 12.8. The Labute approximate surface area is 133 Å². The Morgan fingerprint density at radius 2 is 2.04 bits per heavy atom. The molecular formula is C18H18N4O. The Morgan fingerprint density at radius 1 is 1.09 bits per heavy atom. The summed E-state index contributed by atoms with van der Waals surface area (Å²) in [6.07, 6.45) is 3.10. The fourth-order valence-electron chi connectivity index (χ4n) is 4.18. The second kappa shape index (κ2) is 4.72. The number of aromatic nitrogens is 3. The van der Waals surface area contributed by atoms with E-state index in [1.807, 2.05) is 22.9 Å². The molecule has 0 saturated carbocycles. The Kier molecular flexibility index (Phi) is 2.65. The Hall–Kier alpha value is -2.56. The van der Waals surface area contributed by atoms with Gasteiger partial charge in [0.2, 0.25) is 0 Å². The third-order valence-electron chi connectivity index (χ3n) is 5.20. The quantitative estimate of drug-likeness (QED) is 0.751. The number of rotatable bonds is 1. The molecule has 2 bridgehead atoms. The van der Waals surface area contributed by atoms with Gasteiger partial charge >= 0.3 is 0 Å². The average molecular weight is 306 g/mol. The molecule has 1 fully saturated rings. The fourth-order valence-corrected chi connectivity index (χ4v) is 4.18. The van der Waals surface area contributed by atoms with Crippen LogP contribution >= 0.6 is 0 Å². The molecule has 2 atom stereocenters. The molecule has 1 N–H and O–H groups in total. The van der Waals surface area contributed by atoms with E-state index in [2.05, 4.69) is 28.1 Å². The van der Waals surface area contributed by atoms with Gasteiger partial charge in [-0.2, -0.15) is 0 Å². The molecule has 5 nitrogen and oxygen atoms in total. The summed E-state index contributed by atoms with van der Waals surface area (Å²) in [6, 6.07) is 11.9. The maximum Gasteiger partial charge on any atom is 0.250 e. The molecule has 0 radical (unpaired) electrons. The molecule has 0 unspecified atom stereocenters. The van der Waals surface area contributed by atoms with Crippen molar-refractivity contribution < 1.29 is 0 Å². The molecule has 3 aromatic rings. The second-order valence-corrected chi connectivity index (χ2v) is 6.69. The van der Waals surface area contributed by atoms with Crippen LogP contribution in [0.4, 0.5) is 5.82 Å². The molecule has 0 amide bonds. The lowest BCUT2D eigenvalue weighted by Crippen LogP contribution is -2.47. The fraction of sp³-hybridized carbons (Fsp3) is 0.333. The summed E-state index contributed by atoms with van der Waals surface area (Å²) in [7, 11) is 0. The highest BCUT2D eigenvalue weighted by Crippen LogP contribution is 2.36. The van der Waals surface area contributed by atoms with Crippen LogP contribution in [0.3, 0.4) is 0 Å². The van der Waals surface area contributed by atoms with Gasteiger partial charge in [0.15, 0.2) is 0 Å². The summed E-state index contributed by atoms with van der Waals surface area (Å²) in [5, 5.41) is 1.14. The number of aromatic amines is 1. The van der Waals surface area contributed by atoms with Crippen molar-refractivity contribution >= 4 is 16.9 Å². The zero-order chi connectivity index (χ0) is 15.4. The van der Waals surface area contributed by atoms with Gasteiger partial charge in [0.05, 0.1) is 0 Å². The standard InChI is InChI=1S/C18H18N4O/c23-17-3-1-2-15-14-8-12(10-22(15)17)9-21(11-14)16-5-4-13-6-7-19-18(13)20-16/h1-7,12,14H,8-11H2,(H,19,20)/t12-,14-/m0/s1. The van der Waals surface area contributed by atoms with Crippen LogP contribution in [0.25, 0.3) is 11.0 Å². The van der Waals surface area contributed by atoms with E-state index in [9.17, 15) is 4.79 Å². The number of hydrogen-bond donors (Lipinski definition) is 1. The maximum atomic E-state index is 12.1. The lowest BCUT2D eigenvalue weighted by atomic mass is 9.83. The van der Waals surface area contributed by atoms with E-state index < -0.39 is 0 Å². The van der Waals surface area contributed by atoms with Gasteiger partial charge in [-0.3, -0.25) is 4.79 Å². The van der Waals surface area contributed by atoms with Crippen molar-refractivity contribution in [2.45, 2.75) is 18.9 Å². The minimum absolute atomic E-state index is 0.136. The Balaban J connectivity index is 1.52. The molecule has 0 aliphatic carbocycles. The van der Waals surface area contributed by atoms with Crippen LogP contribution < -0.4 is 10.5 Å². The zero-order valence-corrected chi connectivity index (χ0v) is 12.8. The highest BCUT2D eigenvalue weighted by Gasteiger charge is 2.34. The molecule has 0 spiro atoms. The van der Waals surface area contributed by atoms with Gasteiger partial charge in [0.1, 0.15) is 11.5 Å². The first-order valence-electron chi connectivity index (χ1n) is 8.17. The van der Waals surface area contributed by atoms with E-state index in [0.717, 1.165) is 36.5 Å². The molecule has 5 heteroatoms. The van der Waals surface area contributed by atoms with Crippen molar-refractivity contribution in [1.82, 2.24) is 14.5 Å². The largest absolute Gasteiger partial charge is 0.356 e. The summed E-state index contributed by atoms with van der Waals surface area (Å²) in [4.78, 5) is 22.4. The van der Waals surface area contributed by atoms with Gasteiger partial charge in [-0.1, -0.05) is 6.07 Å². The topological polar surface area (TPSA) is 53.9 Å². The van der Waals surface area contributed by atoms with Gasteiger partial charge in [0.25, 0.3) is 5.56 Å². The molecule has 2 aliphatic rings. The predicted molar refractivity (Wildman–Crippen MR) is 89.9 cm³/mol. The molecule has 116 valence electrons. The summed E-state index contributed by atoms with van der Waals surface area (Å²) in [5.41, 5.74) is 2.26. The van der Waals surface area contributed by atoms with Gasteiger partial charge < -0.3 is 14.5 Å². The molecule has 0 aromatic carbocycles. The van der Waals surface area contributed by atoms with E-state index in [1.54, 1.807) is 6.07 Å². The molecule has 23 heavy (non-hydrogen) atoms. The van der Waals surface area contributed by atoms with Crippen molar-refractivity contribution in [2.75, 3.05) is 18.0 Å². The van der Waals surface area contributed by atoms with E-state index in [-0.39, 0.29) is 5.56 Å². The van der Waals surface area contributed by atoms with Crippen molar-refractivity contribution in [3.8, 4) is 0 Å². The molecular weight excluding hydrogens is 288 g/mol. The third kappa shape index (κ3) is 2.00. The molecule has 5 heterocycles. The van der Waals surface area contributed by atoms with E-state index in [4.69, 9.17) is 4.98 Å². The summed E-state index contributed by atoms with van der Waals surface area (Å²) < 4.78 is 1.97. The van der Waals surface area contributed by atoms with Crippen LogP contribution in [0.15, 0.2) is 47.4 Å². The minimum Gasteiger partial charge on any atom is -0.356 e. The number of nitrogens with one attached hydrogen (secondary N) is 1. The Bertz CT molecular complexity index is 941. The normalized spacial score (nSPS) is 23.0. The number of anilines is 1. The van der Waals surface area contributed by atoms with Crippen molar-refractivity contribution in [1.29, 1.82) is 0 Å². The first-order chi connectivity index (χ1) is 11.3. The van der Waals surface area contributed by atoms with Crippen molar-refractivity contribution in [3.63, 3.8) is 0 Å². The first kappa shape index (κ1) is 12.9. The highest BCUT2D eigenvalue weighted by atomic mass is 16.1. The van der Waals surface area contributed by atoms with Crippen LogP contribution in [0.2, 0.25) is 0 Å². The molecule has 1 saturated heterocycles. The highest BCUT2D eigenvalue weighted by molar-refractivity contribution is 5.77. The van der Waals surface area contributed by atoms with Gasteiger partial charge in [-0.25, -0.2) is 4.98 Å². The summed E-state index contributed by atoms with van der Waals surface area (Å²) in [5.74, 6) is 1.96. The van der Waals surface area contributed by atoms with Crippen LogP contribution in [0.5, 0.6) is 0 Å². The van der Waals surface area contributed by atoms with E-state index in [1.165, 1.54) is 12.1 Å². The van der Waals surface area contributed by atoms with Crippen LogP contribution in [0.1, 0.15) is 18.0 Å². The van der Waals surface area contributed by atoms with Gasteiger partial charge in [0, 0.05) is 48.9 Å². The third-order valence-corrected chi connectivity index (χ3v) is 5.20. The van der Waals surface area contributed by atoms with Crippen molar-refractivity contribution in [3.05, 3.63) is 58.6 Å². The minimum atomic E-state index is 0.136. The lowest BCUT2D eigenvalue weighted by Gasteiger charge is -2.43. The second-order valence-electron chi connectivity index (χ2n) is 6.69. The maximum absolute atomic E-state index is 12.1. The lowest BCUT2D eigenvalue weighted by molar-refractivity contribution is 0.280. The molecule has 5 rings (SSSR count). The number of hydrogen-bond acceptors (Lipinski definition) is 3. The number of pyridine rings is 2. The van der Waals surface area contributed by atoms with Gasteiger partial charge in [-0.15, -0.1) is 0 Å². The summed E-state index contributed by atoms with van der Waals surface area (Å²) in [6.45, 7) is 2.72. The number of fused-ring (bicyclic) bond motifs is 5. The smallest absolute Gasteiger partial charge is 0.250 e. The Morgan fingerprint density at radius 3 is 3.00 bits per heavy atom. The van der Waals surface area contributed by atoms with E-state index >= 15 is 0 Å². The van der Waals surface area contributed by atoms with Gasteiger partial charge in [-0.05, 0) is 36.6 Å². The SMILES string of the molecule is O=c1cccc2n1C[C@H]1C[C@H]2CN(c2ccc3cc[nH]c3n2)C1. The van der Waals surface area contributed by atoms with E-state index in [0.29, 0.717) is 11.8 Å². The number of nitrogens with zero attached hydrogens (tertiary/aromatic N) is 3.